The van der Waals surface area contributed by atoms with Crippen LogP contribution in [0.25, 0.3) is 0 Å². The van der Waals surface area contributed by atoms with Gasteiger partial charge in [0.1, 0.15) is 0 Å². The summed E-state index contributed by atoms with van der Waals surface area (Å²) < 4.78 is 38.4. The average Bonchev–Trinajstić information content (AvgIpc) is 2.31. The third kappa shape index (κ3) is 3.07. The molecule has 94 valence electrons. The Balaban J connectivity index is 2.32. The highest BCUT2D eigenvalue weighted by molar-refractivity contribution is 7.99. The molecule has 0 aliphatic heterocycles. The van der Waals surface area contributed by atoms with Gasteiger partial charge in [-0.15, -0.1) is 0 Å². The Kier molecular flexibility index (Phi) is 3.66. The zero-order chi connectivity index (χ0) is 13.2. The van der Waals surface area contributed by atoms with Crippen LogP contribution < -0.4 is 0 Å². The number of alkyl halides is 3. The molecule has 4 heteroatoms. The molecule has 0 spiro atoms. The first-order valence-corrected chi connectivity index (χ1v) is 6.19. The molecule has 0 fully saturated rings. The number of hydrogen-bond acceptors (Lipinski definition) is 1. The maximum absolute atomic E-state index is 12.8. The highest BCUT2D eigenvalue weighted by atomic mass is 32.2. The van der Waals surface area contributed by atoms with E-state index in [0.717, 1.165) is 28.3 Å². The van der Waals surface area contributed by atoms with Crippen molar-refractivity contribution in [2.45, 2.75) is 22.9 Å². The second kappa shape index (κ2) is 5.06. The van der Waals surface area contributed by atoms with Crippen molar-refractivity contribution in [3.05, 3.63) is 59.7 Å². The molecule has 0 heterocycles. The number of aryl methyl sites for hydroxylation is 1. The first-order valence-electron chi connectivity index (χ1n) is 5.37. The molecule has 18 heavy (non-hydrogen) atoms. The van der Waals surface area contributed by atoms with E-state index in [0.29, 0.717) is 0 Å². The van der Waals surface area contributed by atoms with Crippen molar-refractivity contribution >= 4 is 11.8 Å². The van der Waals surface area contributed by atoms with Crippen LogP contribution in [0.15, 0.2) is 58.3 Å². The number of benzene rings is 2. The van der Waals surface area contributed by atoms with Gasteiger partial charge in [0.25, 0.3) is 0 Å². The van der Waals surface area contributed by atoms with E-state index in [9.17, 15) is 13.2 Å². The van der Waals surface area contributed by atoms with Crippen LogP contribution in [0.4, 0.5) is 13.2 Å². The summed E-state index contributed by atoms with van der Waals surface area (Å²) in [7, 11) is 0. The second-order valence-electron chi connectivity index (χ2n) is 3.91. The second-order valence-corrected chi connectivity index (χ2v) is 5.02. The summed E-state index contributed by atoms with van der Waals surface area (Å²) in [5.41, 5.74) is 0.499. The maximum atomic E-state index is 12.8. The van der Waals surface area contributed by atoms with Gasteiger partial charge in [-0.05, 0) is 31.2 Å². The van der Waals surface area contributed by atoms with Crippen molar-refractivity contribution in [1.29, 1.82) is 0 Å². The molecule has 0 saturated carbocycles. The third-order valence-electron chi connectivity index (χ3n) is 2.44. The lowest BCUT2D eigenvalue weighted by molar-refractivity contribution is -0.139. The monoisotopic (exact) mass is 268 g/mol. The molecule has 2 rings (SSSR count). The molecule has 0 aliphatic carbocycles. The van der Waals surface area contributed by atoms with Crippen molar-refractivity contribution in [3.8, 4) is 0 Å². The zero-order valence-electron chi connectivity index (χ0n) is 9.66. The molecule has 0 atom stereocenters. The van der Waals surface area contributed by atoms with E-state index in [-0.39, 0.29) is 4.90 Å². The SMILES string of the molecule is Cc1ccc(Sc2ccccc2C(F)(F)F)cc1. The minimum absolute atomic E-state index is 0.230. The molecule has 0 aliphatic rings. The van der Waals surface area contributed by atoms with Gasteiger partial charge in [0.2, 0.25) is 0 Å². The lowest BCUT2D eigenvalue weighted by Crippen LogP contribution is -2.06. The van der Waals surface area contributed by atoms with Crippen molar-refractivity contribution in [2.75, 3.05) is 0 Å². The predicted octanol–water partition coefficient (Wildman–Crippen LogP) is 5.17. The Hall–Kier alpha value is -1.42. The molecule has 0 amide bonds. The van der Waals surface area contributed by atoms with E-state index in [2.05, 4.69) is 0 Å². The average molecular weight is 268 g/mol. The van der Waals surface area contributed by atoms with Crippen LogP contribution in [-0.4, -0.2) is 0 Å². The minimum Gasteiger partial charge on any atom is -0.166 e. The summed E-state index contributed by atoms with van der Waals surface area (Å²) in [6, 6.07) is 13.1. The molecular weight excluding hydrogens is 257 g/mol. The van der Waals surface area contributed by atoms with Crippen LogP contribution in [0.3, 0.4) is 0 Å². The minimum atomic E-state index is -4.31. The van der Waals surface area contributed by atoms with Gasteiger partial charge in [-0.1, -0.05) is 41.6 Å². The van der Waals surface area contributed by atoms with Gasteiger partial charge in [0.15, 0.2) is 0 Å². The van der Waals surface area contributed by atoms with Crippen LogP contribution >= 0.6 is 11.8 Å². The quantitative estimate of drug-likeness (QED) is 0.724. The molecule has 2 aromatic carbocycles. The fourth-order valence-electron chi connectivity index (χ4n) is 1.52. The smallest absolute Gasteiger partial charge is 0.166 e. The van der Waals surface area contributed by atoms with E-state index in [1.54, 1.807) is 6.07 Å². The largest absolute Gasteiger partial charge is 0.417 e. The van der Waals surface area contributed by atoms with Crippen molar-refractivity contribution in [1.82, 2.24) is 0 Å². The summed E-state index contributed by atoms with van der Waals surface area (Å²) >= 11 is 1.13. The Morgan fingerprint density at radius 1 is 0.889 bits per heavy atom. The Bertz CT molecular complexity index is 529. The van der Waals surface area contributed by atoms with E-state index in [1.165, 1.54) is 12.1 Å². The van der Waals surface area contributed by atoms with Crippen LogP contribution in [0.2, 0.25) is 0 Å². The summed E-state index contributed by atoms with van der Waals surface area (Å²) in [6.45, 7) is 1.94. The number of hydrogen-bond donors (Lipinski definition) is 0. The molecule has 0 bridgehead atoms. The first-order chi connectivity index (χ1) is 8.47. The summed E-state index contributed by atoms with van der Waals surface area (Å²) in [6.07, 6.45) is -4.31. The topological polar surface area (TPSA) is 0 Å². The summed E-state index contributed by atoms with van der Waals surface area (Å²) in [4.78, 5) is 1.03. The van der Waals surface area contributed by atoms with Gasteiger partial charge in [-0.25, -0.2) is 0 Å². The highest BCUT2D eigenvalue weighted by Crippen LogP contribution is 2.39. The predicted molar refractivity (Wildman–Crippen MR) is 66.7 cm³/mol. The Morgan fingerprint density at radius 2 is 1.50 bits per heavy atom. The van der Waals surface area contributed by atoms with E-state index < -0.39 is 11.7 Å². The lowest BCUT2D eigenvalue weighted by Gasteiger charge is -2.12. The normalized spacial score (nSPS) is 11.6. The fourth-order valence-corrected chi connectivity index (χ4v) is 2.49. The first kappa shape index (κ1) is 13.0. The van der Waals surface area contributed by atoms with Gasteiger partial charge >= 0.3 is 6.18 Å². The summed E-state index contributed by atoms with van der Waals surface area (Å²) in [5, 5.41) is 0. The van der Waals surface area contributed by atoms with E-state index in [4.69, 9.17) is 0 Å². The molecule has 0 N–H and O–H groups in total. The van der Waals surface area contributed by atoms with Gasteiger partial charge in [-0.3, -0.25) is 0 Å². The Labute approximate surface area is 108 Å². The van der Waals surface area contributed by atoms with Gasteiger partial charge in [0.05, 0.1) is 5.56 Å². The van der Waals surface area contributed by atoms with Crippen LogP contribution in [0.1, 0.15) is 11.1 Å². The molecule has 2 aromatic rings. The number of halogens is 3. The van der Waals surface area contributed by atoms with Gasteiger partial charge in [0, 0.05) is 9.79 Å². The van der Waals surface area contributed by atoms with E-state index in [1.807, 2.05) is 31.2 Å². The van der Waals surface area contributed by atoms with Crippen molar-refractivity contribution < 1.29 is 13.2 Å². The van der Waals surface area contributed by atoms with Crippen molar-refractivity contribution in [2.24, 2.45) is 0 Å². The number of rotatable bonds is 2. The van der Waals surface area contributed by atoms with Gasteiger partial charge < -0.3 is 0 Å². The van der Waals surface area contributed by atoms with Gasteiger partial charge in [-0.2, -0.15) is 13.2 Å². The standard InChI is InChI=1S/C14H11F3S/c1-10-6-8-11(9-7-10)18-13-5-3-2-4-12(13)14(15,16)17/h2-9H,1H3. The highest BCUT2D eigenvalue weighted by Gasteiger charge is 2.33. The summed E-state index contributed by atoms with van der Waals surface area (Å²) in [5.74, 6) is 0. The molecule has 0 saturated heterocycles. The fraction of sp³-hybridized carbons (Fsp3) is 0.143. The molecular formula is C14H11F3S. The lowest BCUT2D eigenvalue weighted by atomic mass is 10.2. The maximum Gasteiger partial charge on any atom is 0.417 e. The van der Waals surface area contributed by atoms with E-state index >= 15 is 0 Å². The van der Waals surface area contributed by atoms with Crippen LogP contribution in [-0.2, 0) is 6.18 Å². The molecule has 0 nitrogen and oxygen atoms in total. The third-order valence-corrected chi connectivity index (χ3v) is 3.53. The molecule has 0 radical (unpaired) electrons. The molecule has 0 unspecified atom stereocenters. The van der Waals surface area contributed by atoms with Crippen LogP contribution in [0.5, 0.6) is 0 Å². The van der Waals surface area contributed by atoms with Crippen LogP contribution in [0, 0.1) is 6.92 Å². The molecule has 0 aromatic heterocycles. The van der Waals surface area contributed by atoms with Crippen molar-refractivity contribution in [3.63, 3.8) is 0 Å². The zero-order valence-corrected chi connectivity index (χ0v) is 10.5. The Morgan fingerprint density at radius 3 is 2.11 bits per heavy atom.